The Labute approximate surface area is 247 Å². The third-order valence-electron chi connectivity index (χ3n) is 5.73. The van der Waals surface area contributed by atoms with Crippen molar-refractivity contribution in [2.45, 2.75) is 61.4 Å². The first-order valence-electron chi connectivity index (χ1n) is 12.2. The molecule has 266 valence electrons. The maximum absolute atomic E-state index is 14.4. The Bertz CT molecular complexity index is 1170. The molecule has 0 aliphatic carbocycles. The number of aliphatic carboxylic acids is 1. The van der Waals surface area contributed by atoms with Crippen LogP contribution in [0.3, 0.4) is 0 Å². The van der Waals surface area contributed by atoms with Gasteiger partial charge < -0.3 is 24.8 Å². The van der Waals surface area contributed by atoms with E-state index in [9.17, 15) is 79.8 Å². The number of carbonyl (C=O) groups excluding carboxylic acids is 1. The van der Waals surface area contributed by atoms with Crippen LogP contribution in [-0.4, -0.2) is 103 Å². The fourth-order valence-electron chi connectivity index (χ4n) is 3.31. The average molecular weight is 710 g/mol. The number of carboxylic acids is 1. The molecule has 0 fully saturated rings. The van der Waals surface area contributed by atoms with Gasteiger partial charge in [0.1, 0.15) is 18.9 Å². The van der Waals surface area contributed by atoms with Crippen LogP contribution in [-0.2, 0) is 16.0 Å². The van der Waals surface area contributed by atoms with Crippen molar-refractivity contribution in [2.75, 3.05) is 32.8 Å². The summed E-state index contributed by atoms with van der Waals surface area (Å²) in [5.74, 6) is -40.5. The molecular formula is C23H22F16N2O5. The van der Waals surface area contributed by atoms with Gasteiger partial charge in [-0.15, -0.1) is 0 Å². The first-order valence-corrected chi connectivity index (χ1v) is 12.2. The molecule has 0 bridgehead atoms. The smallest absolute Gasteiger partial charge is 0.460 e. The lowest BCUT2D eigenvalue weighted by atomic mass is 9.93. The number of hydrogen-bond donors (Lipinski definition) is 2. The van der Waals surface area contributed by atoms with Crippen molar-refractivity contribution in [3.05, 3.63) is 29.8 Å². The number of nitrogens with one attached hydrogen (secondary N) is 1. The van der Waals surface area contributed by atoms with Crippen molar-refractivity contribution in [2.24, 2.45) is 0 Å². The third-order valence-corrected chi connectivity index (χ3v) is 5.73. The summed E-state index contributed by atoms with van der Waals surface area (Å²) in [6.45, 7) is -6.68. The Hall–Kier alpha value is -3.40. The van der Waals surface area contributed by atoms with Crippen LogP contribution in [0.4, 0.5) is 75.0 Å². The molecule has 23 heteroatoms. The zero-order chi connectivity index (χ0) is 36.2. The summed E-state index contributed by atoms with van der Waals surface area (Å²) < 4.78 is 222. The number of rotatable bonds is 16. The lowest BCUT2D eigenvalue weighted by molar-refractivity contribution is -0.439. The minimum atomic E-state index is -8.21. The number of hydrogen-bond acceptors (Lipinski definition) is 4. The molecule has 0 saturated heterocycles. The summed E-state index contributed by atoms with van der Waals surface area (Å²) in [4.78, 5) is 22.4. The van der Waals surface area contributed by atoms with Crippen molar-refractivity contribution >= 4 is 12.0 Å². The fraction of sp³-hybridized carbons (Fsp3) is 0.652. The second kappa shape index (κ2) is 14.2. The van der Waals surface area contributed by atoms with E-state index in [0.717, 1.165) is 17.4 Å². The van der Waals surface area contributed by atoms with Crippen molar-refractivity contribution < 1.29 is 94.4 Å². The maximum Gasteiger partial charge on any atom is 0.460 e. The Morgan fingerprint density at radius 1 is 0.804 bits per heavy atom. The first-order chi connectivity index (χ1) is 20.6. The molecule has 1 unspecified atom stereocenters. The Balaban J connectivity index is 3.25. The second-order valence-electron chi connectivity index (χ2n) is 9.17. The van der Waals surface area contributed by atoms with Gasteiger partial charge in [-0.2, -0.15) is 70.2 Å². The summed E-state index contributed by atoms with van der Waals surface area (Å²) >= 11 is 0. The van der Waals surface area contributed by atoms with E-state index in [2.05, 4.69) is 0 Å². The first kappa shape index (κ1) is 40.6. The van der Waals surface area contributed by atoms with Crippen LogP contribution in [0.2, 0.25) is 0 Å². The van der Waals surface area contributed by atoms with Crippen LogP contribution in [0, 0.1) is 0 Å². The molecule has 0 spiro atoms. The van der Waals surface area contributed by atoms with Crippen molar-refractivity contribution in [1.29, 1.82) is 0 Å². The van der Waals surface area contributed by atoms with Gasteiger partial charge in [0, 0.05) is 13.0 Å². The zero-order valence-corrected chi connectivity index (χ0v) is 22.7. The van der Waals surface area contributed by atoms with Crippen LogP contribution < -0.4 is 10.1 Å². The second-order valence-corrected chi connectivity index (χ2v) is 9.17. The lowest BCUT2D eigenvalue weighted by Gasteiger charge is -2.40. The SMILES string of the molecule is CCOC(Cc1ccc(OCCN(CC(F)(F)C(F)(F)C(F)(F)C(F)(F)C(F)(F)C(F)(F)F)C(=O)NCC(F)(F)F)cc1)C(=O)O. The number of amides is 2. The summed E-state index contributed by atoms with van der Waals surface area (Å²) in [5, 5.41) is 9.96. The molecule has 7 nitrogen and oxygen atoms in total. The molecule has 0 heterocycles. The van der Waals surface area contributed by atoms with Gasteiger partial charge in [0.05, 0.1) is 13.1 Å². The average Bonchev–Trinajstić information content (AvgIpc) is 2.90. The van der Waals surface area contributed by atoms with Crippen LogP contribution in [0.15, 0.2) is 24.3 Å². The van der Waals surface area contributed by atoms with Crippen LogP contribution in [0.1, 0.15) is 12.5 Å². The predicted molar refractivity (Wildman–Crippen MR) is 121 cm³/mol. The standard InChI is InChI=1S/C23H22F16N2O5/c1-2-45-14(15(42)43)9-12-3-5-13(6-4-12)46-8-7-41(16(44)40-10-18(26,27)28)11-17(24,25)19(29,30)20(31,32)21(33,34)22(35,36)23(37,38)39/h3-6,14H,2,7-11H2,1H3,(H,40,44)(H,42,43). The number of urea groups is 1. The summed E-state index contributed by atoms with van der Waals surface area (Å²) in [6, 6.07) is 2.25. The number of benzene rings is 1. The number of ether oxygens (including phenoxy) is 2. The monoisotopic (exact) mass is 710 g/mol. The van der Waals surface area contributed by atoms with E-state index in [1.807, 2.05) is 0 Å². The number of halogens is 16. The molecule has 2 amide bonds. The largest absolute Gasteiger partial charge is 0.492 e. The quantitative estimate of drug-likeness (QED) is 0.194. The Morgan fingerprint density at radius 2 is 1.30 bits per heavy atom. The van der Waals surface area contributed by atoms with Crippen LogP contribution in [0.25, 0.3) is 0 Å². The summed E-state index contributed by atoms with van der Waals surface area (Å²) in [7, 11) is 0. The highest BCUT2D eigenvalue weighted by Crippen LogP contribution is 2.60. The molecule has 0 aliphatic heterocycles. The fourth-order valence-corrected chi connectivity index (χ4v) is 3.31. The lowest BCUT2D eigenvalue weighted by Crippen LogP contribution is -2.71. The van der Waals surface area contributed by atoms with E-state index >= 15 is 0 Å². The van der Waals surface area contributed by atoms with E-state index < -0.39 is 91.2 Å². The summed E-state index contributed by atoms with van der Waals surface area (Å²) in [5.41, 5.74) is 0.317. The molecule has 0 aliphatic rings. The third kappa shape index (κ3) is 9.11. The van der Waals surface area contributed by atoms with E-state index in [0.29, 0.717) is 5.56 Å². The van der Waals surface area contributed by atoms with Crippen LogP contribution >= 0.6 is 0 Å². The maximum atomic E-state index is 14.4. The van der Waals surface area contributed by atoms with Gasteiger partial charge in [-0.25, -0.2) is 9.59 Å². The predicted octanol–water partition coefficient (Wildman–Crippen LogP) is 6.41. The van der Waals surface area contributed by atoms with Crippen LogP contribution in [0.5, 0.6) is 5.75 Å². The molecule has 1 rings (SSSR count). The van der Waals surface area contributed by atoms with Gasteiger partial charge in [0.15, 0.2) is 6.10 Å². The topological polar surface area (TPSA) is 88.1 Å². The van der Waals surface area contributed by atoms with Gasteiger partial charge in [-0.3, -0.25) is 0 Å². The molecule has 1 aromatic carbocycles. The molecule has 1 atom stereocenters. The molecular weight excluding hydrogens is 688 g/mol. The molecule has 0 saturated carbocycles. The van der Waals surface area contributed by atoms with E-state index in [1.54, 1.807) is 0 Å². The van der Waals surface area contributed by atoms with E-state index in [-0.39, 0.29) is 18.8 Å². The van der Waals surface area contributed by atoms with Gasteiger partial charge in [-0.1, -0.05) is 12.1 Å². The highest BCUT2D eigenvalue weighted by atomic mass is 19.4. The Morgan fingerprint density at radius 3 is 1.74 bits per heavy atom. The highest BCUT2D eigenvalue weighted by molar-refractivity contribution is 5.74. The highest BCUT2D eigenvalue weighted by Gasteiger charge is 2.90. The van der Waals surface area contributed by atoms with E-state index in [4.69, 9.17) is 14.6 Å². The van der Waals surface area contributed by atoms with Crippen molar-refractivity contribution in [3.63, 3.8) is 0 Å². The molecule has 1 aromatic rings. The normalized spacial score (nSPS) is 14.5. The van der Waals surface area contributed by atoms with Gasteiger partial charge in [-0.05, 0) is 24.6 Å². The molecule has 46 heavy (non-hydrogen) atoms. The molecule has 0 radical (unpaired) electrons. The number of carbonyl (C=O) groups is 2. The number of alkyl halides is 16. The Kier molecular flexibility index (Phi) is 12.5. The summed E-state index contributed by atoms with van der Waals surface area (Å²) in [6.07, 6.45) is -14.4. The van der Waals surface area contributed by atoms with Gasteiger partial charge in [0.25, 0.3) is 0 Å². The minimum Gasteiger partial charge on any atom is -0.492 e. The van der Waals surface area contributed by atoms with Crippen molar-refractivity contribution in [1.82, 2.24) is 10.2 Å². The molecule has 0 aromatic heterocycles. The number of nitrogens with zero attached hydrogens (tertiary/aromatic N) is 1. The van der Waals surface area contributed by atoms with Gasteiger partial charge >= 0.3 is 54.0 Å². The molecule has 2 N–H and O–H groups in total. The number of carboxylic acid groups (broad SMARTS) is 1. The zero-order valence-electron chi connectivity index (χ0n) is 22.7. The van der Waals surface area contributed by atoms with E-state index in [1.165, 1.54) is 19.1 Å². The minimum absolute atomic E-state index is 0.0241. The van der Waals surface area contributed by atoms with Crippen molar-refractivity contribution in [3.8, 4) is 5.75 Å². The van der Waals surface area contributed by atoms with Gasteiger partial charge in [0.2, 0.25) is 0 Å².